The Morgan fingerprint density at radius 3 is 2.45 bits per heavy atom. The number of ether oxygens (including phenoxy) is 1. The molecular weight excluding hydrogens is 278 g/mol. The Morgan fingerprint density at radius 1 is 1.18 bits per heavy atom. The molecule has 1 aromatic carbocycles. The molecule has 0 aromatic heterocycles. The number of carbonyl (C=O) groups excluding carboxylic acids is 2. The minimum atomic E-state index is -0.233. The van der Waals surface area contributed by atoms with Crippen LogP contribution in [0.2, 0.25) is 0 Å². The fourth-order valence-corrected chi connectivity index (χ4v) is 3.70. The Labute approximate surface area is 130 Å². The molecule has 4 heteroatoms. The third-order valence-electron chi connectivity index (χ3n) is 4.98. The number of Topliss-reactive ketones (excluding diaryl/α,β-unsaturated/α-hetero) is 1. The molecule has 3 rings (SSSR count). The summed E-state index contributed by atoms with van der Waals surface area (Å²) in [7, 11) is 3.52. The van der Waals surface area contributed by atoms with E-state index in [2.05, 4.69) is 11.9 Å². The Bertz CT molecular complexity index is 645. The molecule has 4 nitrogen and oxygen atoms in total. The summed E-state index contributed by atoms with van der Waals surface area (Å²) in [6, 6.07) is 8.19. The van der Waals surface area contributed by atoms with Gasteiger partial charge in [-0.15, -0.1) is 0 Å². The molecule has 1 saturated heterocycles. The molecule has 2 aliphatic heterocycles. The predicted molar refractivity (Wildman–Crippen MR) is 84.6 cm³/mol. The van der Waals surface area contributed by atoms with E-state index in [9.17, 15) is 9.59 Å². The predicted octanol–water partition coefficient (Wildman–Crippen LogP) is 2.68. The number of hydrogen-bond acceptors (Lipinski definition) is 4. The van der Waals surface area contributed by atoms with E-state index in [0.717, 1.165) is 36.0 Å². The van der Waals surface area contributed by atoms with Crippen molar-refractivity contribution in [1.29, 1.82) is 0 Å². The van der Waals surface area contributed by atoms with Gasteiger partial charge in [-0.25, -0.2) is 4.79 Å². The number of esters is 1. The van der Waals surface area contributed by atoms with Crippen LogP contribution in [0.15, 0.2) is 29.8 Å². The van der Waals surface area contributed by atoms with Crippen LogP contribution in [-0.2, 0) is 9.53 Å². The summed E-state index contributed by atoms with van der Waals surface area (Å²) in [6.07, 6.45) is 2.97. The second kappa shape index (κ2) is 5.69. The van der Waals surface area contributed by atoms with Crippen LogP contribution in [0.25, 0.3) is 5.57 Å². The fraction of sp³-hybridized carbons (Fsp3) is 0.444. The Balaban J connectivity index is 2.06. The number of benzene rings is 1. The maximum atomic E-state index is 12.3. The van der Waals surface area contributed by atoms with Crippen LogP contribution >= 0.6 is 0 Å². The van der Waals surface area contributed by atoms with Gasteiger partial charge in [0.25, 0.3) is 0 Å². The zero-order chi connectivity index (χ0) is 15.9. The number of methoxy groups -OCH3 is 1. The van der Waals surface area contributed by atoms with Crippen molar-refractivity contribution in [3.8, 4) is 0 Å². The maximum absolute atomic E-state index is 12.3. The van der Waals surface area contributed by atoms with E-state index in [0.29, 0.717) is 11.6 Å². The Kier molecular flexibility index (Phi) is 3.87. The highest BCUT2D eigenvalue weighted by molar-refractivity contribution is 6.00. The molecule has 0 spiro atoms. The van der Waals surface area contributed by atoms with Gasteiger partial charge in [-0.3, -0.25) is 9.69 Å². The van der Waals surface area contributed by atoms with Crippen LogP contribution in [0.4, 0.5) is 0 Å². The summed E-state index contributed by atoms with van der Waals surface area (Å²) in [5, 5.41) is 0. The smallest absolute Gasteiger partial charge is 0.335 e. The first-order valence-electron chi connectivity index (χ1n) is 7.67. The molecule has 0 saturated carbocycles. The summed E-state index contributed by atoms with van der Waals surface area (Å²) in [5.41, 5.74) is 3.58. The van der Waals surface area contributed by atoms with Crippen molar-refractivity contribution in [1.82, 2.24) is 4.90 Å². The van der Waals surface area contributed by atoms with Crippen LogP contribution in [-0.4, -0.2) is 42.9 Å². The van der Waals surface area contributed by atoms with E-state index in [4.69, 9.17) is 4.74 Å². The second-order valence-electron chi connectivity index (χ2n) is 6.13. The van der Waals surface area contributed by atoms with E-state index < -0.39 is 0 Å². The molecule has 22 heavy (non-hydrogen) atoms. The average molecular weight is 299 g/mol. The van der Waals surface area contributed by atoms with Gasteiger partial charge in [0.15, 0.2) is 5.78 Å². The monoisotopic (exact) mass is 299 g/mol. The summed E-state index contributed by atoms with van der Waals surface area (Å²) in [6.45, 7) is 1.56. The number of likely N-dealkylation sites (N-methyl/N-ethyl adjacent to an activating group) is 1. The van der Waals surface area contributed by atoms with Crippen molar-refractivity contribution in [3.63, 3.8) is 0 Å². The van der Waals surface area contributed by atoms with Gasteiger partial charge in [-0.2, -0.15) is 0 Å². The highest BCUT2D eigenvalue weighted by atomic mass is 16.5. The minimum absolute atomic E-state index is 0.0529. The number of carbonyl (C=O) groups is 2. The lowest BCUT2D eigenvalue weighted by Crippen LogP contribution is -2.40. The van der Waals surface area contributed by atoms with E-state index in [-0.39, 0.29) is 17.8 Å². The third kappa shape index (κ3) is 2.37. The first-order chi connectivity index (χ1) is 10.5. The van der Waals surface area contributed by atoms with Crippen molar-refractivity contribution in [2.24, 2.45) is 0 Å². The van der Waals surface area contributed by atoms with Crippen molar-refractivity contribution in [2.45, 2.75) is 38.3 Å². The molecule has 0 radical (unpaired) electrons. The minimum Gasteiger partial charge on any atom is -0.466 e. The lowest BCUT2D eigenvalue weighted by molar-refractivity contribution is -0.136. The molecule has 116 valence electrons. The molecule has 1 aromatic rings. The van der Waals surface area contributed by atoms with Gasteiger partial charge in [-0.05, 0) is 44.4 Å². The van der Waals surface area contributed by atoms with Crippen LogP contribution in [0.5, 0.6) is 0 Å². The molecule has 2 unspecified atom stereocenters. The SMILES string of the molecule is COC(=O)C1=C(c2ccc(C(C)=O)cc2)CC2CCC1N2C. The van der Waals surface area contributed by atoms with Gasteiger partial charge < -0.3 is 4.74 Å². The van der Waals surface area contributed by atoms with Crippen LogP contribution < -0.4 is 0 Å². The highest BCUT2D eigenvalue weighted by Crippen LogP contribution is 2.42. The highest BCUT2D eigenvalue weighted by Gasteiger charge is 2.42. The van der Waals surface area contributed by atoms with Crippen molar-refractivity contribution in [2.75, 3.05) is 14.2 Å². The molecule has 0 N–H and O–H groups in total. The molecular formula is C18H21NO3. The second-order valence-corrected chi connectivity index (χ2v) is 6.13. The van der Waals surface area contributed by atoms with Crippen molar-refractivity contribution < 1.29 is 14.3 Å². The zero-order valence-electron chi connectivity index (χ0n) is 13.3. The number of ketones is 1. The molecule has 2 aliphatic rings. The standard InChI is InChI=1S/C18H21NO3/c1-11(20)12-4-6-13(7-5-12)15-10-14-8-9-16(19(14)2)17(15)18(21)22-3/h4-7,14,16H,8-10H2,1-3H3. The van der Waals surface area contributed by atoms with Gasteiger partial charge in [0.05, 0.1) is 12.7 Å². The molecule has 2 bridgehead atoms. The summed E-state index contributed by atoms with van der Waals surface area (Å²) < 4.78 is 5.02. The maximum Gasteiger partial charge on any atom is 0.335 e. The lowest BCUT2D eigenvalue weighted by Gasteiger charge is -2.34. The average Bonchev–Trinajstić information content (AvgIpc) is 2.76. The number of fused-ring (bicyclic) bond motifs is 2. The largest absolute Gasteiger partial charge is 0.466 e. The van der Waals surface area contributed by atoms with E-state index in [1.165, 1.54) is 7.11 Å². The zero-order valence-corrected chi connectivity index (χ0v) is 13.3. The van der Waals surface area contributed by atoms with Gasteiger partial charge in [-0.1, -0.05) is 24.3 Å². The number of rotatable bonds is 3. The third-order valence-corrected chi connectivity index (χ3v) is 4.98. The van der Waals surface area contributed by atoms with Gasteiger partial charge in [0, 0.05) is 17.6 Å². The summed E-state index contributed by atoms with van der Waals surface area (Å²) >= 11 is 0. The first kappa shape index (κ1) is 15.0. The summed E-state index contributed by atoms with van der Waals surface area (Å²) in [4.78, 5) is 26.0. The summed E-state index contributed by atoms with van der Waals surface area (Å²) in [5.74, 6) is -0.181. The molecule has 0 aliphatic carbocycles. The van der Waals surface area contributed by atoms with Gasteiger partial charge in [0.1, 0.15) is 0 Å². The molecule has 0 amide bonds. The Morgan fingerprint density at radius 2 is 1.86 bits per heavy atom. The number of nitrogens with zero attached hydrogens (tertiary/aromatic N) is 1. The number of hydrogen-bond donors (Lipinski definition) is 0. The first-order valence-corrected chi connectivity index (χ1v) is 7.67. The van der Waals surface area contributed by atoms with Gasteiger partial charge >= 0.3 is 5.97 Å². The van der Waals surface area contributed by atoms with Crippen molar-refractivity contribution >= 4 is 17.3 Å². The molecule has 2 atom stereocenters. The van der Waals surface area contributed by atoms with Crippen molar-refractivity contribution in [3.05, 3.63) is 41.0 Å². The van der Waals surface area contributed by atoms with Crippen LogP contribution in [0, 0.1) is 0 Å². The molecule has 1 fully saturated rings. The van der Waals surface area contributed by atoms with Crippen LogP contribution in [0.1, 0.15) is 42.1 Å². The van der Waals surface area contributed by atoms with Gasteiger partial charge in [0.2, 0.25) is 0 Å². The van der Waals surface area contributed by atoms with E-state index >= 15 is 0 Å². The fourth-order valence-electron chi connectivity index (χ4n) is 3.70. The quantitative estimate of drug-likeness (QED) is 0.636. The van der Waals surface area contributed by atoms with E-state index in [1.807, 2.05) is 24.3 Å². The van der Waals surface area contributed by atoms with Crippen LogP contribution in [0.3, 0.4) is 0 Å². The molecule has 2 heterocycles. The normalized spacial score (nSPS) is 24.5. The topological polar surface area (TPSA) is 46.6 Å². The lowest BCUT2D eigenvalue weighted by atomic mass is 9.88. The van der Waals surface area contributed by atoms with E-state index in [1.54, 1.807) is 6.92 Å². The Hall–Kier alpha value is -1.94.